The minimum absolute atomic E-state index is 0.291. The molecule has 4 nitrogen and oxygen atoms in total. The van der Waals surface area contributed by atoms with Gasteiger partial charge in [0.15, 0.2) is 0 Å². The zero-order valence-corrected chi connectivity index (χ0v) is 9.96. The Bertz CT molecular complexity index is 196. The highest BCUT2D eigenvalue weighted by Gasteiger charge is 2.19. The van der Waals surface area contributed by atoms with Gasteiger partial charge in [-0.25, -0.2) is 0 Å². The van der Waals surface area contributed by atoms with Crippen LogP contribution in [-0.4, -0.2) is 62.0 Å². The zero-order valence-electron chi connectivity index (χ0n) is 9.96. The fourth-order valence-electron chi connectivity index (χ4n) is 1.98. The van der Waals surface area contributed by atoms with Crippen LogP contribution in [0.4, 0.5) is 0 Å². The SMILES string of the molecule is CCN1CCCN(CCCNC)CC1=O. The molecule has 0 saturated carbocycles. The van der Waals surface area contributed by atoms with Crippen molar-refractivity contribution in [3.8, 4) is 0 Å². The highest BCUT2D eigenvalue weighted by Crippen LogP contribution is 2.04. The van der Waals surface area contributed by atoms with Gasteiger partial charge in [0.25, 0.3) is 0 Å². The lowest BCUT2D eigenvalue weighted by Gasteiger charge is -2.20. The first kappa shape index (κ1) is 12.5. The summed E-state index contributed by atoms with van der Waals surface area (Å²) in [5.41, 5.74) is 0. The summed E-state index contributed by atoms with van der Waals surface area (Å²) in [7, 11) is 1.96. The molecule has 0 spiro atoms. The monoisotopic (exact) mass is 213 g/mol. The molecular formula is C11H23N3O. The Kier molecular flexibility index (Phi) is 5.65. The van der Waals surface area contributed by atoms with Gasteiger partial charge in [0.1, 0.15) is 0 Å². The van der Waals surface area contributed by atoms with Crippen LogP contribution in [0.25, 0.3) is 0 Å². The van der Waals surface area contributed by atoms with Gasteiger partial charge < -0.3 is 10.2 Å². The van der Waals surface area contributed by atoms with Crippen LogP contribution in [-0.2, 0) is 4.79 Å². The van der Waals surface area contributed by atoms with Crippen molar-refractivity contribution in [3.63, 3.8) is 0 Å². The molecule has 1 N–H and O–H groups in total. The standard InChI is InChI=1S/C11H23N3O/c1-3-14-9-5-8-13(10-11(14)15)7-4-6-12-2/h12H,3-10H2,1-2H3. The van der Waals surface area contributed by atoms with Crippen molar-refractivity contribution < 1.29 is 4.79 Å². The van der Waals surface area contributed by atoms with Crippen molar-refractivity contribution in [2.45, 2.75) is 19.8 Å². The average molecular weight is 213 g/mol. The Hall–Kier alpha value is -0.610. The van der Waals surface area contributed by atoms with Gasteiger partial charge in [-0.15, -0.1) is 0 Å². The number of carbonyl (C=O) groups is 1. The van der Waals surface area contributed by atoms with E-state index in [1.807, 2.05) is 11.9 Å². The van der Waals surface area contributed by atoms with Gasteiger partial charge >= 0.3 is 0 Å². The summed E-state index contributed by atoms with van der Waals surface area (Å²) >= 11 is 0. The minimum Gasteiger partial charge on any atom is -0.342 e. The predicted molar refractivity (Wildman–Crippen MR) is 61.9 cm³/mol. The molecule has 0 unspecified atom stereocenters. The van der Waals surface area contributed by atoms with E-state index in [2.05, 4.69) is 17.1 Å². The fraction of sp³-hybridized carbons (Fsp3) is 0.909. The van der Waals surface area contributed by atoms with Gasteiger partial charge in [-0.05, 0) is 39.9 Å². The number of hydrogen-bond donors (Lipinski definition) is 1. The van der Waals surface area contributed by atoms with Crippen LogP contribution in [0.5, 0.6) is 0 Å². The van der Waals surface area contributed by atoms with Crippen LogP contribution in [0.1, 0.15) is 19.8 Å². The Morgan fingerprint density at radius 2 is 2.20 bits per heavy atom. The lowest BCUT2D eigenvalue weighted by Crippen LogP contribution is -2.37. The molecule has 0 atom stereocenters. The van der Waals surface area contributed by atoms with E-state index >= 15 is 0 Å². The molecule has 1 rings (SSSR count). The lowest BCUT2D eigenvalue weighted by molar-refractivity contribution is -0.130. The van der Waals surface area contributed by atoms with E-state index < -0.39 is 0 Å². The highest BCUT2D eigenvalue weighted by molar-refractivity contribution is 5.78. The molecule has 1 fully saturated rings. The van der Waals surface area contributed by atoms with Gasteiger partial charge in [0, 0.05) is 19.6 Å². The summed E-state index contributed by atoms with van der Waals surface area (Å²) in [6, 6.07) is 0. The summed E-state index contributed by atoms with van der Waals surface area (Å²) < 4.78 is 0. The zero-order chi connectivity index (χ0) is 11.1. The van der Waals surface area contributed by atoms with Gasteiger partial charge in [-0.2, -0.15) is 0 Å². The molecule has 0 bridgehead atoms. The van der Waals surface area contributed by atoms with E-state index in [1.165, 1.54) is 0 Å². The first-order valence-corrected chi connectivity index (χ1v) is 5.92. The van der Waals surface area contributed by atoms with Crippen molar-refractivity contribution >= 4 is 5.91 Å². The molecule has 88 valence electrons. The molecule has 0 aromatic carbocycles. The van der Waals surface area contributed by atoms with Crippen LogP contribution in [0.15, 0.2) is 0 Å². The second-order valence-electron chi connectivity index (χ2n) is 4.06. The number of amides is 1. The first-order valence-electron chi connectivity index (χ1n) is 5.92. The van der Waals surface area contributed by atoms with Crippen LogP contribution in [0, 0.1) is 0 Å². The molecule has 1 saturated heterocycles. The smallest absolute Gasteiger partial charge is 0.236 e. The van der Waals surface area contributed by atoms with E-state index in [0.29, 0.717) is 12.5 Å². The summed E-state index contributed by atoms with van der Waals surface area (Å²) in [5, 5.41) is 3.13. The van der Waals surface area contributed by atoms with Crippen LogP contribution in [0.3, 0.4) is 0 Å². The number of likely N-dealkylation sites (N-methyl/N-ethyl adjacent to an activating group) is 1. The summed E-state index contributed by atoms with van der Waals surface area (Å²) in [6.45, 7) is 7.56. The number of carbonyl (C=O) groups excluding carboxylic acids is 1. The molecule has 0 radical (unpaired) electrons. The molecule has 0 aromatic heterocycles. The molecule has 15 heavy (non-hydrogen) atoms. The fourth-order valence-corrected chi connectivity index (χ4v) is 1.98. The second kappa shape index (κ2) is 6.80. The predicted octanol–water partition coefficient (Wildman–Crippen LogP) is 0.150. The lowest BCUT2D eigenvalue weighted by atomic mass is 10.3. The van der Waals surface area contributed by atoms with Crippen LogP contribution < -0.4 is 5.32 Å². The van der Waals surface area contributed by atoms with Crippen molar-refractivity contribution in [1.29, 1.82) is 0 Å². The second-order valence-corrected chi connectivity index (χ2v) is 4.06. The van der Waals surface area contributed by atoms with E-state index in [1.54, 1.807) is 0 Å². The topological polar surface area (TPSA) is 35.6 Å². The molecule has 4 heteroatoms. The van der Waals surface area contributed by atoms with E-state index in [0.717, 1.165) is 45.6 Å². The molecule has 1 heterocycles. The molecule has 0 aliphatic carbocycles. The molecular weight excluding hydrogens is 190 g/mol. The number of hydrogen-bond acceptors (Lipinski definition) is 3. The quantitative estimate of drug-likeness (QED) is 0.660. The first-order chi connectivity index (χ1) is 7.27. The van der Waals surface area contributed by atoms with E-state index in [4.69, 9.17) is 0 Å². The number of rotatable bonds is 5. The minimum atomic E-state index is 0.291. The number of nitrogens with one attached hydrogen (secondary N) is 1. The van der Waals surface area contributed by atoms with Crippen molar-refractivity contribution in [2.24, 2.45) is 0 Å². The maximum absolute atomic E-state index is 11.8. The largest absolute Gasteiger partial charge is 0.342 e. The number of nitrogens with zero attached hydrogens (tertiary/aromatic N) is 2. The summed E-state index contributed by atoms with van der Waals surface area (Å²) in [4.78, 5) is 16.0. The Morgan fingerprint density at radius 1 is 1.40 bits per heavy atom. The normalized spacial score (nSPS) is 19.3. The third-order valence-electron chi connectivity index (χ3n) is 2.90. The van der Waals surface area contributed by atoms with Gasteiger partial charge in [0.05, 0.1) is 6.54 Å². The van der Waals surface area contributed by atoms with Crippen molar-refractivity contribution in [1.82, 2.24) is 15.1 Å². The van der Waals surface area contributed by atoms with E-state index in [9.17, 15) is 4.79 Å². The Morgan fingerprint density at radius 3 is 2.87 bits per heavy atom. The van der Waals surface area contributed by atoms with Gasteiger partial charge in [0.2, 0.25) is 5.91 Å². The molecule has 1 aliphatic heterocycles. The molecule has 1 amide bonds. The maximum atomic E-state index is 11.8. The van der Waals surface area contributed by atoms with Crippen molar-refractivity contribution in [3.05, 3.63) is 0 Å². The average Bonchev–Trinajstić information content (AvgIpc) is 2.40. The third-order valence-corrected chi connectivity index (χ3v) is 2.90. The Labute approximate surface area is 92.6 Å². The van der Waals surface area contributed by atoms with E-state index in [-0.39, 0.29) is 0 Å². The molecule has 1 aliphatic rings. The third kappa shape index (κ3) is 4.18. The van der Waals surface area contributed by atoms with Crippen molar-refractivity contribution in [2.75, 3.05) is 46.3 Å². The maximum Gasteiger partial charge on any atom is 0.236 e. The van der Waals surface area contributed by atoms with Gasteiger partial charge in [-0.1, -0.05) is 0 Å². The molecule has 0 aromatic rings. The Balaban J connectivity index is 2.32. The highest BCUT2D eigenvalue weighted by atomic mass is 16.2. The van der Waals surface area contributed by atoms with Crippen LogP contribution >= 0.6 is 0 Å². The van der Waals surface area contributed by atoms with Crippen LogP contribution in [0.2, 0.25) is 0 Å². The summed E-state index contributed by atoms with van der Waals surface area (Å²) in [6.07, 6.45) is 2.23. The van der Waals surface area contributed by atoms with Gasteiger partial charge in [-0.3, -0.25) is 9.69 Å². The summed E-state index contributed by atoms with van der Waals surface area (Å²) in [5.74, 6) is 0.291.